The molecule has 40 heavy (non-hydrogen) atoms. The van der Waals surface area contributed by atoms with Gasteiger partial charge < -0.3 is 0 Å². The Hall–Kier alpha value is -2.59. The minimum atomic E-state index is -0.0349. The summed E-state index contributed by atoms with van der Waals surface area (Å²) < 4.78 is 15.4. The van der Waals surface area contributed by atoms with Crippen molar-refractivity contribution in [2.45, 2.75) is 123 Å². The SMILES string of the molecule is CCCCCCCC1CCC(CCc2ccc3cc(C#Cc4ccc(CCCCCC)cc4)ccc3c2F)CC1. The molecule has 1 saturated carbocycles. The molecule has 4 rings (SSSR count). The second-order valence-electron chi connectivity index (χ2n) is 12.4. The van der Waals surface area contributed by atoms with Crippen molar-refractivity contribution in [1.29, 1.82) is 0 Å². The largest absolute Gasteiger partial charge is 0.206 e. The van der Waals surface area contributed by atoms with Crippen molar-refractivity contribution < 1.29 is 4.39 Å². The Morgan fingerprint density at radius 2 is 1.25 bits per heavy atom. The van der Waals surface area contributed by atoms with Gasteiger partial charge in [0.1, 0.15) is 5.82 Å². The lowest BCUT2D eigenvalue weighted by molar-refractivity contribution is 0.248. The molecule has 1 heteroatoms. The summed E-state index contributed by atoms with van der Waals surface area (Å²) in [5, 5.41) is 1.66. The summed E-state index contributed by atoms with van der Waals surface area (Å²) in [5.74, 6) is 8.24. The third-order valence-electron chi connectivity index (χ3n) is 9.16. The molecular formula is C39H51F. The highest BCUT2D eigenvalue weighted by Gasteiger charge is 2.21. The fourth-order valence-electron chi connectivity index (χ4n) is 6.47. The lowest BCUT2D eigenvalue weighted by atomic mass is 9.77. The lowest BCUT2D eigenvalue weighted by Gasteiger charge is -2.28. The van der Waals surface area contributed by atoms with Gasteiger partial charge in [-0.1, -0.05) is 139 Å². The zero-order valence-corrected chi connectivity index (χ0v) is 25.2. The lowest BCUT2D eigenvalue weighted by Crippen LogP contribution is -2.15. The maximum absolute atomic E-state index is 15.4. The van der Waals surface area contributed by atoms with Gasteiger partial charge in [-0.2, -0.15) is 0 Å². The van der Waals surface area contributed by atoms with Crippen LogP contribution < -0.4 is 0 Å². The minimum Gasteiger partial charge on any atom is -0.206 e. The van der Waals surface area contributed by atoms with Crippen LogP contribution in [0.1, 0.15) is 132 Å². The molecule has 3 aromatic carbocycles. The predicted octanol–water partition coefficient (Wildman–Crippen LogP) is 11.6. The van der Waals surface area contributed by atoms with E-state index in [1.807, 2.05) is 24.3 Å². The molecule has 0 bridgehead atoms. The first-order valence-corrected chi connectivity index (χ1v) is 16.5. The Balaban J connectivity index is 1.26. The molecule has 3 aromatic rings. The van der Waals surface area contributed by atoms with Gasteiger partial charge in [0, 0.05) is 16.5 Å². The summed E-state index contributed by atoms with van der Waals surface area (Å²) in [6, 6.07) is 18.7. The molecule has 0 aromatic heterocycles. The summed E-state index contributed by atoms with van der Waals surface area (Å²) >= 11 is 0. The molecule has 0 amide bonds. The fourth-order valence-corrected chi connectivity index (χ4v) is 6.47. The highest BCUT2D eigenvalue weighted by Crippen LogP contribution is 2.35. The summed E-state index contributed by atoms with van der Waals surface area (Å²) in [6.45, 7) is 4.54. The van der Waals surface area contributed by atoms with E-state index in [1.165, 1.54) is 95.5 Å². The first kappa shape index (κ1) is 30.4. The maximum atomic E-state index is 15.4. The van der Waals surface area contributed by atoms with Crippen LogP contribution in [0.3, 0.4) is 0 Å². The van der Waals surface area contributed by atoms with Crippen molar-refractivity contribution in [2.75, 3.05) is 0 Å². The molecular weight excluding hydrogens is 487 g/mol. The van der Waals surface area contributed by atoms with Crippen LogP contribution in [-0.2, 0) is 12.8 Å². The number of unbranched alkanes of at least 4 members (excludes halogenated alkanes) is 7. The van der Waals surface area contributed by atoms with E-state index in [4.69, 9.17) is 0 Å². The predicted molar refractivity (Wildman–Crippen MR) is 171 cm³/mol. The second-order valence-corrected chi connectivity index (χ2v) is 12.4. The zero-order chi connectivity index (χ0) is 28.0. The molecule has 0 heterocycles. The molecule has 0 radical (unpaired) electrons. The van der Waals surface area contributed by atoms with Crippen LogP contribution >= 0.6 is 0 Å². The number of benzene rings is 3. The monoisotopic (exact) mass is 538 g/mol. The fraction of sp³-hybridized carbons (Fsp3) is 0.538. The third kappa shape index (κ3) is 9.51. The van der Waals surface area contributed by atoms with Gasteiger partial charge in [0.25, 0.3) is 0 Å². The summed E-state index contributed by atoms with van der Waals surface area (Å²) in [5.41, 5.74) is 4.23. The molecule has 0 unspecified atom stereocenters. The zero-order valence-electron chi connectivity index (χ0n) is 25.2. The summed E-state index contributed by atoms with van der Waals surface area (Å²) in [7, 11) is 0. The summed E-state index contributed by atoms with van der Waals surface area (Å²) in [4.78, 5) is 0. The molecule has 0 saturated heterocycles. The normalized spacial score (nSPS) is 17.1. The standard InChI is InChI=1S/C39H51F/c1-3-5-7-9-11-13-32-16-20-34(21-17-32)24-26-36-27-28-37-30-35(25-29-38(37)39(36)40)23-22-33-18-14-31(15-19-33)12-10-8-6-4-2/h14-15,18-19,25,27-30,32,34H,3-13,16-17,20-21,24,26H2,1-2H3. The van der Waals surface area contributed by atoms with E-state index in [1.54, 1.807) is 0 Å². The summed E-state index contributed by atoms with van der Waals surface area (Å²) in [6.07, 6.45) is 22.1. The van der Waals surface area contributed by atoms with Gasteiger partial charge in [-0.25, -0.2) is 4.39 Å². The third-order valence-corrected chi connectivity index (χ3v) is 9.16. The van der Waals surface area contributed by atoms with Crippen molar-refractivity contribution in [3.63, 3.8) is 0 Å². The molecule has 0 atom stereocenters. The molecule has 0 nitrogen and oxygen atoms in total. The number of aryl methyl sites for hydroxylation is 2. The number of hydrogen-bond acceptors (Lipinski definition) is 0. The number of fused-ring (bicyclic) bond motifs is 1. The van der Waals surface area contributed by atoms with E-state index in [9.17, 15) is 0 Å². The highest BCUT2D eigenvalue weighted by atomic mass is 19.1. The Morgan fingerprint density at radius 3 is 1.98 bits per heavy atom. The minimum absolute atomic E-state index is 0.0349. The van der Waals surface area contributed by atoms with Crippen molar-refractivity contribution >= 4 is 10.8 Å². The molecule has 214 valence electrons. The smallest absolute Gasteiger partial charge is 0.134 e. The quantitative estimate of drug-likeness (QED) is 0.141. The number of rotatable bonds is 14. The van der Waals surface area contributed by atoms with Crippen LogP contribution in [0, 0.1) is 29.5 Å². The average molecular weight is 539 g/mol. The van der Waals surface area contributed by atoms with E-state index in [2.05, 4.69) is 56.0 Å². The molecule has 0 spiro atoms. The van der Waals surface area contributed by atoms with E-state index in [0.29, 0.717) is 0 Å². The van der Waals surface area contributed by atoms with E-state index in [0.717, 1.165) is 58.6 Å². The Morgan fingerprint density at radius 1 is 0.625 bits per heavy atom. The van der Waals surface area contributed by atoms with Gasteiger partial charge in [0.2, 0.25) is 0 Å². The highest BCUT2D eigenvalue weighted by molar-refractivity contribution is 5.85. The van der Waals surface area contributed by atoms with Crippen LogP contribution in [-0.4, -0.2) is 0 Å². The molecule has 1 fully saturated rings. The molecule has 0 aliphatic heterocycles. The van der Waals surface area contributed by atoms with E-state index >= 15 is 4.39 Å². The van der Waals surface area contributed by atoms with Crippen molar-refractivity contribution in [2.24, 2.45) is 11.8 Å². The van der Waals surface area contributed by atoms with Gasteiger partial charge in [0.15, 0.2) is 0 Å². The van der Waals surface area contributed by atoms with Gasteiger partial charge in [-0.05, 0) is 78.3 Å². The van der Waals surface area contributed by atoms with Gasteiger partial charge in [0.05, 0.1) is 0 Å². The number of hydrogen-bond donors (Lipinski definition) is 0. The van der Waals surface area contributed by atoms with Crippen molar-refractivity contribution in [3.05, 3.63) is 82.7 Å². The Labute approximate surface area is 244 Å². The van der Waals surface area contributed by atoms with Gasteiger partial charge >= 0.3 is 0 Å². The first-order chi connectivity index (χ1) is 19.7. The molecule has 1 aliphatic carbocycles. The Bertz CT molecular complexity index is 1220. The number of halogens is 1. The molecule has 1 aliphatic rings. The van der Waals surface area contributed by atoms with Gasteiger partial charge in [-0.15, -0.1) is 0 Å². The van der Waals surface area contributed by atoms with Crippen molar-refractivity contribution in [1.82, 2.24) is 0 Å². The van der Waals surface area contributed by atoms with E-state index in [-0.39, 0.29) is 5.82 Å². The van der Waals surface area contributed by atoms with Crippen LogP contribution in [0.25, 0.3) is 10.8 Å². The van der Waals surface area contributed by atoms with Crippen LogP contribution in [0.15, 0.2) is 54.6 Å². The second kappa shape index (κ2) is 16.6. The maximum Gasteiger partial charge on any atom is 0.134 e. The van der Waals surface area contributed by atoms with Crippen LogP contribution in [0.4, 0.5) is 4.39 Å². The molecule has 0 N–H and O–H groups in total. The van der Waals surface area contributed by atoms with E-state index < -0.39 is 0 Å². The van der Waals surface area contributed by atoms with Crippen LogP contribution in [0.2, 0.25) is 0 Å². The first-order valence-electron chi connectivity index (χ1n) is 16.5. The van der Waals surface area contributed by atoms with Gasteiger partial charge in [-0.3, -0.25) is 0 Å². The topological polar surface area (TPSA) is 0 Å². The van der Waals surface area contributed by atoms with Crippen LogP contribution in [0.5, 0.6) is 0 Å². The average Bonchev–Trinajstić information content (AvgIpc) is 2.99. The Kier molecular flexibility index (Phi) is 12.6. The van der Waals surface area contributed by atoms with Crippen molar-refractivity contribution in [3.8, 4) is 11.8 Å².